The van der Waals surface area contributed by atoms with Crippen molar-refractivity contribution in [2.24, 2.45) is 5.41 Å². The van der Waals surface area contributed by atoms with Gasteiger partial charge in [-0.05, 0) is 50.8 Å². The number of piperidine rings is 1. The van der Waals surface area contributed by atoms with E-state index in [4.69, 9.17) is 0 Å². The minimum atomic E-state index is -0.715. The number of aliphatic carboxylic acids is 1. The van der Waals surface area contributed by atoms with Crippen LogP contribution >= 0.6 is 0 Å². The van der Waals surface area contributed by atoms with Gasteiger partial charge < -0.3 is 10.0 Å². The molecule has 0 bridgehead atoms. The molecule has 2 aliphatic rings. The minimum Gasteiger partial charge on any atom is -0.480 e. The van der Waals surface area contributed by atoms with E-state index in [1.54, 1.807) is 6.20 Å². The molecule has 0 aromatic carbocycles. The van der Waals surface area contributed by atoms with Crippen molar-refractivity contribution in [3.05, 3.63) is 23.9 Å². The lowest BCUT2D eigenvalue weighted by Crippen LogP contribution is -2.41. The van der Waals surface area contributed by atoms with Gasteiger partial charge in [0.15, 0.2) is 5.78 Å². The Morgan fingerprint density at radius 1 is 1.30 bits per heavy atom. The highest BCUT2D eigenvalue weighted by Crippen LogP contribution is 2.43. The Bertz CT molecular complexity index is 606. The van der Waals surface area contributed by atoms with E-state index in [-0.39, 0.29) is 17.2 Å². The zero-order valence-corrected chi connectivity index (χ0v) is 13.7. The Kier molecular flexibility index (Phi) is 4.10. The molecular weight excluding hydrogens is 294 g/mol. The molecule has 1 N–H and O–H groups in total. The molecule has 1 aromatic rings. The smallest absolute Gasteiger partial charge is 0.320 e. The monoisotopic (exact) mass is 317 g/mol. The van der Waals surface area contributed by atoms with Gasteiger partial charge in [-0.25, -0.2) is 4.98 Å². The van der Waals surface area contributed by atoms with Gasteiger partial charge in [0, 0.05) is 31.4 Å². The van der Waals surface area contributed by atoms with E-state index >= 15 is 0 Å². The summed E-state index contributed by atoms with van der Waals surface area (Å²) in [6.07, 6.45) is 4.34. The molecule has 6 heteroatoms. The van der Waals surface area contributed by atoms with Crippen LogP contribution in [0.2, 0.25) is 0 Å². The van der Waals surface area contributed by atoms with Crippen molar-refractivity contribution in [2.75, 3.05) is 31.6 Å². The third-order valence-electron chi connectivity index (χ3n) is 5.33. The molecule has 0 saturated carbocycles. The molecule has 3 rings (SSSR count). The van der Waals surface area contributed by atoms with Gasteiger partial charge >= 0.3 is 5.97 Å². The summed E-state index contributed by atoms with van der Waals surface area (Å²) in [7, 11) is 1.90. The number of likely N-dealkylation sites (N-methyl/N-ethyl adjacent to an activating group) is 1. The van der Waals surface area contributed by atoms with Crippen molar-refractivity contribution in [3.63, 3.8) is 0 Å². The van der Waals surface area contributed by atoms with Gasteiger partial charge in [0.2, 0.25) is 0 Å². The first-order valence-corrected chi connectivity index (χ1v) is 8.05. The maximum atomic E-state index is 11.3. The Labute approximate surface area is 136 Å². The van der Waals surface area contributed by atoms with Crippen LogP contribution in [-0.4, -0.2) is 59.5 Å². The second-order valence-electron chi connectivity index (χ2n) is 6.92. The summed E-state index contributed by atoms with van der Waals surface area (Å²) in [5, 5.41) is 9.31. The van der Waals surface area contributed by atoms with Crippen molar-refractivity contribution in [2.45, 2.75) is 32.2 Å². The zero-order chi connectivity index (χ0) is 16.6. The molecule has 0 aliphatic carbocycles. The lowest BCUT2D eigenvalue weighted by Gasteiger charge is -2.39. The average molecular weight is 317 g/mol. The van der Waals surface area contributed by atoms with Crippen LogP contribution in [0.3, 0.4) is 0 Å². The number of carbonyl (C=O) groups excluding carboxylic acids is 1. The second-order valence-corrected chi connectivity index (χ2v) is 6.92. The molecule has 3 heterocycles. The molecule has 1 spiro atoms. The Hall–Kier alpha value is -1.95. The van der Waals surface area contributed by atoms with Crippen LogP contribution in [0.4, 0.5) is 5.82 Å². The van der Waals surface area contributed by atoms with Crippen molar-refractivity contribution in [3.8, 4) is 0 Å². The predicted molar refractivity (Wildman–Crippen MR) is 86.8 cm³/mol. The van der Waals surface area contributed by atoms with Crippen LogP contribution in [-0.2, 0) is 4.79 Å². The molecule has 2 aliphatic heterocycles. The topological polar surface area (TPSA) is 73.7 Å². The van der Waals surface area contributed by atoms with Crippen LogP contribution in [0, 0.1) is 5.41 Å². The van der Waals surface area contributed by atoms with E-state index in [1.165, 1.54) is 6.92 Å². The van der Waals surface area contributed by atoms with Gasteiger partial charge in [0.05, 0.1) is 0 Å². The summed E-state index contributed by atoms with van der Waals surface area (Å²) in [6.45, 7) is 4.16. The van der Waals surface area contributed by atoms with Crippen LogP contribution in [0.15, 0.2) is 18.3 Å². The third-order valence-corrected chi connectivity index (χ3v) is 5.33. The highest BCUT2D eigenvalue weighted by atomic mass is 16.4. The standard InChI is InChI=1S/C17H23N3O3/c1-12(21)13-3-4-15(18-10-13)20-7-5-17(6-8-20)9-14(16(22)23)19(2)11-17/h3-4,10,14H,5-9,11H2,1-2H3,(H,22,23). The van der Waals surface area contributed by atoms with Crippen LogP contribution < -0.4 is 4.90 Å². The number of carboxylic acids is 1. The first-order valence-electron chi connectivity index (χ1n) is 8.05. The van der Waals surface area contributed by atoms with E-state index in [2.05, 4.69) is 9.88 Å². The SMILES string of the molecule is CC(=O)c1ccc(N2CCC3(CC2)CC(C(=O)O)N(C)C3)nc1. The molecule has 23 heavy (non-hydrogen) atoms. The van der Waals surface area contributed by atoms with Gasteiger partial charge in [-0.3, -0.25) is 14.5 Å². The number of rotatable bonds is 3. The summed E-state index contributed by atoms with van der Waals surface area (Å²) in [6, 6.07) is 3.36. The summed E-state index contributed by atoms with van der Waals surface area (Å²) in [4.78, 5) is 31.2. The fraction of sp³-hybridized carbons (Fsp3) is 0.588. The first-order chi connectivity index (χ1) is 10.9. The fourth-order valence-corrected chi connectivity index (χ4v) is 3.90. The van der Waals surface area contributed by atoms with Crippen LogP contribution in [0.25, 0.3) is 0 Å². The number of hydrogen-bond acceptors (Lipinski definition) is 5. The molecule has 6 nitrogen and oxygen atoms in total. The summed E-state index contributed by atoms with van der Waals surface area (Å²) >= 11 is 0. The summed E-state index contributed by atoms with van der Waals surface area (Å²) in [5.74, 6) is 0.203. The Morgan fingerprint density at radius 2 is 2.00 bits per heavy atom. The fourth-order valence-electron chi connectivity index (χ4n) is 3.90. The number of likely N-dealkylation sites (tertiary alicyclic amines) is 1. The number of Topliss-reactive ketones (excluding diaryl/α,β-unsaturated/α-hetero) is 1. The molecule has 0 amide bonds. The zero-order valence-electron chi connectivity index (χ0n) is 13.7. The van der Waals surface area contributed by atoms with E-state index in [9.17, 15) is 14.7 Å². The van der Waals surface area contributed by atoms with Crippen LogP contribution in [0.5, 0.6) is 0 Å². The summed E-state index contributed by atoms with van der Waals surface area (Å²) in [5.41, 5.74) is 0.747. The quantitative estimate of drug-likeness (QED) is 0.855. The van der Waals surface area contributed by atoms with Gasteiger partial charge in [-0.1, -0.05) is 0 Å². The van der Waals surface area contributed by atoms with Gasteiger partial charge in [-0.15, -0.1) is 0 Å². The van der Waals surface area contributed by atoms with Gasteiger partial charge in [-0.2, -0.15) is 0 Å². The van der Waals surface area contributed by atoms with Crippen molar-refractivity contribution in [1.82, 2.24) is 9.88 Å². The highest BCUT2D eigenvalue weighted by molar-refractivity contribution is 5.93. The van der Waals surface area contributed by atoms with E-state index < -0.39 is 5.97 Å². The average Bonchev–Trinajstić information content (AvgIpc) is 2.85. The number of hydrogen-bond donors (Lipinski definition) is 1. The molecule has 1 aromatic heterocycles. The number of carboxylic acid groups (broad SMARTS) is 1. The summed E-state index contributed by atoms with van der Waals surface area (Å²) < 4.78 is 0. The largest absolute Gasteiger partial charge is 0.480 e. The van der Waals surface area contributed by atoms with Gasteiger partial charge in [0.25, 0.3) is 0 Å². The minimum absolute atomic E-state index is 0.0235. The molecule has 1 unspecified atom stereocenters. The molecule has 124 valence electrons. The van der Waals surface area contributed by atoms with Gasteiger partial charge in [0.1, 0.15) is 11.9 Å². The normalized spacial score (nSPS) is 24.1. The number of ketones is 1. The predicted octanol–water partition coefficient (Wildman–Crippen LogP) is 1.66. The highest BCUT2D eigenvalue weighted by Gasteiger charge is 2.46. The van der Waals surface area contributed by atoms with E-state index in [0.29, 0.717) is 5.56 Å². The maximum absolute atomic E-state index is 11.3. The maximum Gasteiger partial charge on any atom is 0.320 e. The molecule has 0 radical (unpaired) electrons. The number of carbonyl (C=O) groups is 2. The Balaban J connectivity index is 1.64. The number of anilines is 1. The molecule has 2 fully saturated rings. The molecule has 2 saturated heterocycles. The number of nitrogens with zero attached hydrogens (tertiary/aromatic N) is 3. The molecule has 1 atom stereocenters. The third kappa shape index (κ3) is 3.08. The van der Waals surface area contributed by atoms with E-state index in [0.717, 1.165) is 44.7 Å². The lowest BCUT2D eigenvalue weighted by molar-refractivity contribution is -0.141. The second kappa shape index (κ2) is 5.92. The number of aromatic nitrogens is 1. The van der Waals surface area contributed by atoms with Crippen molar-refractivity contribution in [1.29, 1.82) is 0 Å². The Morgan fingerprint density at radius 3 is 2.48 bits per heavy atom. The number of pyridine rings is 1. The van der Waals surface area contributed by atoms with E-state index in [1.807, 2.05) is 24.1 Å². The van der Waals surface area contributed by atoms with Crippen molar-refractivity contribution >= 4 is 17.6 Å². The first kappa shape index (κ1) is 15.9. The van der Waals surface area contributed by atoms with Crippen LogP contribution in [0.1, 0.15) is 36.5 Å². The van der Waals surface area contributed by atoms with Crippen molar-refractivity contribution < 1.29 is 14.7 Å². The molecular formula is C17H23N3O3. The lowest BCUT2D eigenvalue weighted by atomic mass is 9.76.